The van der Waals surface area contributed by atoms with Crippen LogP contribution < -0.4 is 4.72 Å². The summed E-state index contributed by atoms with van der Waals surface area (Å²) in [5.74, 6) is 0.568. The first-order valence-electron chi connectivity index (χ1n) is 12.6. The first kappa shape index (κ1) is 23.9. The van der Waals surface area contributed by atoms with Gasteiger partial charge in [0.15, 0.2) is 0 Å². The molecule has 0 spiro atoms. The molecule has 1 aromatic heterocycles. The molecular formula is C28H34FN3O2S. The number of likely N-dealkylation sites (tertiary alicyclic amines) is 1. The second-order valence-corrected chi connectivity index (χ2v) is 12.3. The van der Waals surface area contributed by atoms with Crippen LogP contribution in [0, 0.1) is 11.7 Å². The van der Waals surface area contributed by atoms with E-state index in [0.717, 1.165) is 55.4 Å². The highest BCUT2D eigenvalue weighted by atomic mass is 32.2. The van der Waals surface area contributed by atoms with Gasteiger partial charge in [-0.3, -0.25) is 4.79 Å². The summed E-state index contributed by atoms with van der Waals surface area (Å²) in [5.41, 5.74) is 3.13. The van der Waals surface area contributed by atoms with Crippen molar-refractivity contribution in [2.45, 2.75) is 56.3 Å². The minimum absolute atomic E-state index is 0.237. The maximum Gasteiger partial charge on any atom is 0.225 e. The van der Waals surface area contributed by atoms with Crippen molar-refractivity contribution >= 4 is 37.6 Å². The molecule has 1 aliphatic heterocycles. The van der Waals surface area contributed by atoms with Crippen LogP contribution >= 0.6 is 0 Å². The Balaban J connectivity index is 1.38. The molecule has 7 heteroatoms. The molecular weight excluding hydrogens is 461 g/mol. The van der Waals surface area contributed by atoms with Gasteiger partial charge in [0.25, 0.3) is 0 Å². The van der Waals surface area contributed by atoms with Crippen molar-refractivity contribution in [2.75, 3.05) is 17.8 Å². The van der Waals surface area contributed by atoms with E-state index in [2.05, 4.69) is 26.5 Å². The molecule has 5 rings (SSSR count). The predicted molar refractivity (Wildman–Crippen MR) is 142 cm³/mol. The van der Waals surface area contributed by atoms with E-state index >= 15 is 0 Å². The van der Waals surface area contributed by atoms with Gasteiger partial charge in [-0.15, -0.1) is 0 Å². The van der Waals surface area contributed by atoms with Crippen molar-refractivity contribution in [3.63, 3.8) is 0 Å². The van der Waals surface area contributed by atoms with E-state index in [-0.39, 0.29) is 5.92 Å². The largest absolute Gasteiger partial charge is 0.350 e. The van der Waals surface area contributed by atoms with Gasteiger partial charge >= 0.3 is 0 Å². The molecule has 1 aliphatic carbocycles. The third kappa shape index (κ3) is 4.70. The minimum Gasteiger partial charge on any atom is -0.350 e. The number of aromatic nitrogens is 1. The third-order valence-electron chi connectivity index (χ3n) is 7.72. The number of rotatable bonds is 5. The average Bonchev–Trinajstić information content (AvgIpc) is 3.52. The fourth-order valence-corrected chi connectivity index (χ4v) is 7.29. The van der Waals surface area contributed by atoms with E-state index < -0.39 is 15.5 Å². The molecule has 1 saturated heterocycles. The Labute approximate surface area is 207 Å². The Morgan fingerprint density at radius 1 is 1.09 bits per heavy atom. The van der Waals surface area contributed by atoms with Gasteiger partial charge in [-0.05, 0) is 85.9 Å². The molecule has 2 fully saturated rings. The highest BCUT2D eigenvalue weighted by molar-refractivity contribution is 8.02. The number of hydrogen-bond donors (Lipinski definition) is 1. The lowest BCUT2D eigenvalue weighted by Crippen LogP contribution is -2.40. The lowest BCUT2D eigenvalue weighted by atomic mass is 9.88. The zero-order chi connectivity index (χ0) is 24.6. The molecule has 0 radical (unpaired) electrons. The molecule has 1 N–H and O–H groups in total. The van der Waals surface area contributed by atoms with Gasteiger partial charge in [0, 0.05) is 48.8 Å². The van der Waals surface area contributed by atoms with Gasteiger partial charge < -0.3 is 14.2 Å². The Morgan fingerprint density at radius 3 is 2.51 bits per heavy atom. The monoisotopic (exact) mass is 495 g/mol. The third-order valence-corrected chi connectivity index (χ3v) is 9.88. The zero-order valence-electron chi connectivity index (χ0n) is 20.5. The van der Waals surface area contributed by atoms with Crippen LogP contribution in [0.4, 0.5) is 10.1 Å². The SMILES string of the molecule is CC=S(=O)(Nc1ccc2c(c1)c(C1CCN(C(=O)C3CCCC3)CC1)cn2C)c1cccc(F)c1. The molecule has 2 heterocycles. The summed E-state index contributed by atoms with van der Waals surface area (Å²) < 4.78 is 32.8. The molecule has 5 nitrogen and oxygen atoms in total. The quantitative estimate of drug-likeness (QED) is 0.461. The summed E-state index contributed by atoms with van der Waals surface area (Å²) in [6.07, 6.45) is 8.57. The summed E-state index contributed by atoms with van der Waals surface area (Å²) in [6.45, 7) is 3.35. The van der Waals surface area contributed by atoms with E-state index in [4.69, 9.17) is 0 Å². The topological polar surface area (TPSA) is 54.3 Å². The standard InChI is InChI=1S/C28H34FN3O2S/c1-3-35(34,24-10-6-9-22(29)17-24)30-23-11-12-27-25(18-23)26(19-31(27)2)20-13-15-32(16-14-20)28(33)21-7-4-5-8-21/h3,6,9-12,17-21H,4-5,7-8,13-16H2,1-2H3,(H,30,34). The van der Waals surface area contributed by atoms with Crippen LogP contribution in [-0.4, -0.2) is 38.0 Å². The molecule has 2 aliphatic rings. The first-order valence-corrected chi connectivity index (χ1v) is 14.2. The minimum atomic E-state index is -2.77. The summed E-state index contributed by atoms with van der Waals surface area (Å²) in [7, 11) is -0.723. The fourth-order valence-electron chi connectivity index (χ4n) is 5.74. The van der Waals surface area contributed by atoms with Crippen molar-refractivity contribution in [1.29, 1.82) is 0 Å². The molecule has 1 unspecified atom stereocenters. The highest BCUT2D eigenvalue weighted by Gasteiger charge is 2.31. The molecule has 1 atom stereocenters. The lowest BCUT2D eigenvalue weighted by molar-refractivity contribution is -0.136. The number of nitrogens with zero attached hydrogens (tertiary/aromatic N) is 2. The molecule has 2 aromatic carbocycles. The number of piperidine rings is 1. The zero-order valence-corrected chi connectivity index (χ0v) is 21.3. The van der Waals surface area contributed by atoms with Crippen molar-refractivity contribution in [1.82, 2.24) is 9.47 Å². The van der Waals surface area contributed by atoms with Crippen molar-refractivity contribution in [3.8, 4) is 0 Å². The first-order chi connectivity index (χ1) is 16.9. The van der Waals surface area contributed by atoms with Crippen molar-refractivity contribution in [2.24, 2.45) is 13.0 Å². The molecule has 35 heavy (non-hydrogen) atoms. The number of halogens is 1. The van der Waals surface area contributed by atoms with Gasteiger partial charge in [0.05, 0.1) is 14.6 Å². The number of hydrogen-bond acceptors (Lipinski definition) is 2. The van der Waals surface area contributed by atoms with Crippen LogP contribution in [0.1, 0.15) is 56.9 Å². The summed E-state index contributed by atoms with van der Waals surface area (Å²) in [6, 6.07) is 12.0. The van der Waals surface area contributed by atoms with Crippen molar-refractivity contribution in [3.05, 3.63) is 60.0 Å². The van der Waals surface area contributed by atoms with Gasteiger partial charge in [-0.25, -0.2) is 8.60 Å². The molecule has 186 valence electrons. The molecule has 1 amide bonds. The number of carbonyl (C=O) groups is 1. The lowest BCUT2D eigenvalue weighted by Gasteiger charge is -2.33. The molecule has 0 bridgehead atoms. The maximum atomic E-state index is 13.8. The van der Waals surface area contributed by atoms with E-state index in [1.54, 1.807) is 24.4 Å². The second kappa shape index (κ2) is 9.69. The molecule has 3 aromatic rings. The van der Waals surface area contributed by atoms with E-state index in [0.29, 0.717) is 16.7 Å². The Kier molecular flexibility index (Phi) is 6.62. The Morgan fingerprint density at radius 2 is 1.83 bits per heavy atom. The fraction of sp³-hybridized carbons (Fsp3) is 0.429. The van der Waals surface area contributed by atoms with Gasteiger partial charge in [-0.2, -0.15) is 0 Å². The summed E-state index contributed by atoms with van der Waals surface area (Å²) in [4.78, 5) is 15.4. The van der Waals surface area contributed by atoms with Crippen LogP contribution in [0.15, 0.2) is 53.6 Å². The van der Waals surface area contributed by atoms with Crippen LogP contribution in [0.3, 0.4) is 0 Å². The average molecular weight is 496 g/mol. The highest BCUT2D eigenvalue weighted by Crippen LogP contribution is 2.37. The normalized spacial score (nSPS) is 19.1. The number of carbonyl (C=O) groups excluding carboxylic acids is 1. The van der Waals surface area contributed by atoms with E-state index in [1.807, 2.05) is 19.2 Å². The molecule has 1 saturated carbocycles. The number of aryl methyl sites for hydroxylation is 1. The van der Waals surface area contributed by atoms with Crippen LogP contribution in [0.2, 0.25) is 0 Å². The Bertz CT molecular complexity index is 1360. The van der Waals surface area contributed by atoms with Crippen LogP contribution in [-0.2, 0) is 21.5 Å². The number of benzene rings is 2. The number of fused-ring (bicyclic) bond motifs is 1. The number of nitrogens with one attached hydrogen (secondary N) is 1. The number of amides is 1. The summed E-state index contributed by atoms with van der Waals surface area (Å²) in [5, 5.41) is 2.74. The second-order valence-electron chi connectivity index (χ2n) is 9.90. The maximum absolute atomic E-state index is 13.8. The van der Waals surface area contributed by atoms with E-state index in [1.165, 1.54) is 30.5 Å². The van der Waals surface area contributed by atoms with Gasteiger partial charge in [0.1, 0.15) is 5.82 Å². The van der Waals surface area contributed by atoms with Crippen molar-refractivity contribution < 1.29 is 13.4 Å². The van der Waals surface area contributed by atoms with E-state index in [9.17, 15) is 13.4 Å². The van der Waals surface area contributed by atoms with Gasteiger partial charge in [0.2, 0.25) is 5.91 Å². The van der Waals surface area contributed by atoms with Crippen LogP contribution in [0.5, 0.6) is 0 Å². The van der Waals surface area contributed by atoms with Gasteiger partial charge in [-0.1, -0.05) is 18.9 Å². The Hall–Kier alpha value is -2.80. The van der Waals surface area contributed by atoms with Crippen LogP contribution in [0.25, 0.3) is 10.9 Å². The number of anilines is 1. The summed E-state index contributed by atoms with van der Waals surface area (Å²) >= 11 is 0. The smallest absolute Gasteiger partial charge is 0.225 e. The predicted octanol–water partition coefficient (Wildman–Crippen LogP) is 5.71.